The van der Waals surface area contributed by atoms with Crippen LogP contribution >= 0.6 is 23.8 Å². The van der Waals surface area contributed by atoms with Crippen molar-refractivity contribution in [2.24, 2.45) is 0 Å². The molecule has 1 saturated heterocycles. The molecule has 0 amide bonds. The quantitative estimate of drug-likeness (QED) is 0.801. The zero-order chi connectivity index (χ0) is 17.1. The second kappa shape index (κ2) is 7.36. The predicted octanol–water partition coefficient (Wildman–Crippen LogP) is 4.31. The van der Waals surface area contributed by atoms with Crippen molar-refractivity contribution in [2.75, 3.05) is 36.4 Å². The Kier molecular flexibility index (Phi) is 5.21. The van der Waals surface area contributed by atoms with Crippen molar-refractivity contribution in [3.63, 3.8) is 0 Å². The molecule has 0 atom stereocenters. The van der Waals surface area contributed by atoms with Gasteiger partial charge in [0.25, 0.3) is 0 Å². The Morgan fingerprint density at radius 1 is 1.08 bits per heavy atom. The molecule has 1 aliphatic rings. The summed E-state index contributed by atoms with van der Waals surface area (Å²) in [6, 6.07) is 12.4. The van der Waals surface area contributed by atoms with Gasteiger partial charge in [0, 0.05) is 42.6 Å². The first-order valence-corrected chi connectivity index (χ1v) is 8.65. The van der Waals surface area contributed by atoms with Crippen molar-refractivity contribution in [1.82, 2.24) is 4.90 Å². The highest BCUT2D eigenvalue weighted by Crippen LogP contribution is 2.23. The van der Waals surface area contributed by atoms with Gasteiger partial charge in [-0.3, -0.25) is 0 Å². The number of piperazine rings is 1. The molecule has 3 rings (SSSR count). The third-order valence-corrected chi connectivity index (χ3v) is 5.04. The van der Waals surface area contributed by atoms with Gasteiger partial charge in [-0.1, -0.05) is 17.7 Å². The van der Waals surface area contributed by atoms with E-state index in [0.29, 0.717) is 5.11 Å². The number of rotatable bonds is 2. The van der Waals surface area contributed by atoms with Crippen LogP contribution in [0.25, 0.3) is 0 Å². The maximum Gasteiger partial charge on any atom is 0.173 e. The minimum absolute atomic E-state index is 0.209. The Hall–Kier alpha value is -1.85. The minimum atomic E-state index is -0.209. The van der Waals surface area contributed by atoms with Gasteiger partial charge in [0.1, 0.15) is 5.82 Å². The lowest BCUT2D eigenvalue weighted by atomic mass is 10.2. The van der Waals surface area contributed by atoms with E-state index in [9.17, 15) is 4.39 Å². The molecule has 0 bridgehead atoms. The molecule has 126 valence electrons. The standard InChI is InChI=1S/C18H19ClFN3S/c1-13-16(19)3-2-4-17(13)21-18(24)23-11-9-22(10-12-23)15-7-5-14(20)6-8-15/h2-8H,9-12H2,1H3,(H,21,24). The third-order valence-electron chi connectivity index (χ3n) is 4.27. The molecular formula is C18H19ClFN3S. The Bertz CT molecular complexity index is 728. The summed E-state index contributed by atoms with van der Waals surface area (Å²) >= 11 is 11.7. The van der Waals surface area contributed by atoms with Crippen LogP contribution in [0.1, 0.15) is 5.56 Å². The van der Waals surface area contributed by atoms with Gasteiger partial charge < -0.3 is 15.1 Å². The largest absolute Gasteiger partial charge is 0.368 e. The van der Waals surface area contributed by atoms with E-state index in [1.54, 1.807) is 0 Å². The van der Waals surface area contributed by atoms with Crippen LogP contribution in [0.5, 0.6) is 0 Å². The number of nitrogens with zero attached hydrogens (tertiary/aromatic N) is 2. The van der Waals surface area contributed by atoms with E-state index >= 15 is 0 Å². The molecule has 6 heteroatoms. The number of nitrogens with one attached hydrogen (secondary N) is 1. The van der Waals surface area contributed by atoms with Gasteiger partial charge in [-0.25, -0.2) is 4.39 Å². The number of benzene rings is 2. The molecule has 0 spiro atoms. The van der Waals surface area contributed by atoms with Gasteiger partial charge in [0.15, 0.2) is 5.11 Å². The third kappa shape index (κ3) is 3.79. The van der Waals surface area contributed by atoms with Gasteiger partial charge in [-0.05, 0) is 61.1 Å². The summed E-state index contributed by atoms with van der Waals surface area (Å²) in [6.07, 6.45) is 0. The van der Waals surface area contributed by atoms with E-state index in [2.05, 4.69) is 15.1 Å². The molecule has 1 fully saturated rings. The van der Waals surface area contributed by atoms with Crippen LogP contribution < -0.4 is 10.2 Å². The maximum atomic E-state index is 13.0. The van der Waals surface area contributed by atoms with E-state index in [0.717, 1.165) is 48.1 Å². The highest BCUT2D eigenvalue weighted by atomic mass is 35.5. The normalized spacial score (nSPS) is 14.6. The first-order chi connectivity index (χ1) is 11.5. The van der Waals surface area contributed by atoms with Gasteiger partial charge >= 0.3 is 0 Å². The van der Waals surface area contributed by atoms with Crippen molar-refractivity contribution in [3.05, 3.63) is 58.9 Å². The van der Waals surface area contributed by atoms with Crippen molar-refractivity contribution < 1.29 is 4.39 Å². The molecule has 3 nitrogen and oxygen atoms in total. The van der Waals surface area contributed by atoms with E-state index in [1.807, 2.05) is 37.3 Å². The SMILES string of the molecule is Cc1c(Cl)cccc1NC(=S)N1CCN(c2ccc(F)cc2)CC1. The summed E-state index contributed by atoms with van der Waals surface area (Å²) in [5, 5.41) is 4.72. The Morgan fingerprint density at radius 3 is 2.42 bits per heavy atom. The van der Waals surface area contributed by atoms with Crippen molar-refractivity contribution in [3.8, 4) is 0 Å². The van der Waals surface area contributed by atoms with Crippen LogP contribution in [0.15, 0.2) is 42.5 Å². The van der Waals surface area contributed by atoms with Crippen LogP contribution in [0.4, 0.5) is 15.8 Å². The first kappa shape index (κ1) is 17.0. The molecule has 2 aromatic rings. The van der Waals surface area contributed by atoms with E-state index < -0.39 is 0 Å². The molecule has 2 aromatic carbocycles. The summed E-state index contributed by atoms with van der Waals surface area (Å²) in [5.74, 6) is -0.209. The molecule has 0 radical (unpaired) electrons. The molecule has 0 saturated carbocycles. The minimum Gasteiger partial charge on any atom is -0.368 e. The van der Waals surface area contributed by atoms with Crippen molar-refractivity contribution in [1.29, 1.82) is 0 Å². The summed E-state index contributed by atoms with van der Waals surface area (Å²) in [7, 11) is 0. The number of halogens is 2. The van der Waals surface area contributed by atoms with Crippen LogP contribution in [-0.2, 0) is 0 Å². The zero-order valence-corrected chi connectivity index (χ0v) is 15.0. The Morgan fingerprint density at radius 2 is 1.75 bits per heavy atom. The summed E-state index contributed by atoms with van der Waals surface area (Å²) < 4.78 is 13.0. The van der Waals surface area contributed by atoms with Crippen molar-refractivity contribution >= 4 is 40.3 Å². The lowest BCUT2D eigenvalue weighted by Crippen LogP contribution is -2.50. The molecule has 1 N–H and O–H groups in total. The summed E-state index contributed by atoms with van der Waals surface area (Å²) in [5.41, 5.74) is 2.97. The molecule has 0 aliphatic carbocycles. The van der Waals surface area contributed by atoms with Crippen molar-refractivity contribution in [2.45, 2.75) is 6.92 Å². The Balaban J connectivity index is 1.59. The molecule has 0 aromatic heterocycles. The lowest BCUT2D eigenvalue weighted by molar-refractivity contribution is 0.391. The van der Waals surface area contributed by atoms with Gasteiger partial charge in [-0.15, -0.1) is 0 Å². The second-order valence-corrected chi connectivity index (χ2v) is 6.59. The highest BCUT2D eigenvalue weighted by molar-refractivity contribution is 7.80. The highest BCUT2D eigenvalue weighted by Gasteiger charge is 2.19. The monoisotopic (exact) mass is 363 g/mol. The Labute approximate surface area is 152 Å². The van der Waals surface area contributed by atoms with Crippen LogP contribution in [0.3, 0.4) is 0 Å². The average Bonchev–Trinajstić information content (AvgIpc) is 2.60. The molecule has 0 unspecified atom stereocenters. The lowest BCUT2D eigenvalue weighted by Gasteiger charge is -2.37. The predicted molar refractivity (Wildman–Crippen MR) is 103 cm³/mol. The van der Waals surface area contributed by atoms with E-state index in [1.165, 1.54) is 12.1 Å². The number of hydrogen-bond acceptors (Lipinski definition) is 2. The number of thiocarbonyl (C=S) groups is 1. The summed E-state index contributed by atoms with van der Waals surface area (Å²) in [6.45, 7) is 5.31. The number of hydrogen-bond donors (Lipinski definition) is 1. The first-order valence-electron chi connectivity index (χ1n) is 7.86. The molecular weight excluding hydrogens is 345 g/mol. The van der Waals surface area contributed by atoms with Gasteiger partial charge in [-0.2, -0.15) is 0 Å². The molecule has 1 aliphatic heterocycles. The second-order valence-electron chi connectivity index (χ2n) is 5.79. The zero-order valence-electron chi connectivity index (χ0n) is 13.4. The average molecular weight is 364 g/mol. The summed E-state index contributed by atoms with van der Waals surface area (Å²) in [4.78, 5) is 4.39. The fourth-order valence-electron chi connectivity index (χ4n) is 2.76. The topological polar surface area (TPSA) is 18.5 Å². The van der Waals surface area contributed by atoms with E-state index in [4.69, 9.17) is 23.8 Å². The van der Waals surface area contributed by atoms with Gasteiger partial charge in [0.05, 0.1) is 0 Å². The number of anilines is 2. The fraction of sp³-hybridized carbons (Fsp3) is 0.278. The molecule has 24 heavy (non-hydrogen) atoms. The smallest absolute Gasteiger partial charge is 0.173 e. The van der Waals surface area contributed by atoms with Crippen LogP contribution in [0.2, 0.25) is 5.02 Å². The van der Waals surface area contributed by atoms with E-state index in [-0.39, 0.29) is 5.82 Å². The van der Waals surface area contributed by atoms with Crippen LogP contribution in [-0.4, -0.2) is 36.2 Å². The fourth-order valence-corrected chi connectivity index (χ4v) is 3.22. The van der Waals surface area contributed by atoms with Gasteiger partial charge in [0.2, 0.25) is 0 Å². The maximum absolute atomic E-state index is 13.0. The van der Waals surface area contributed by atoms with Crippen LogP contribution in [0, 0.1) is 12.7 Å². The molecule has 1 heterocycles.